The molecular weight excluding hydrogens is 876 g/mol. The van der Waals surface area contributed by atoms with Crippen LogP contribution in [0, 0.1) is 23.7 Å². The van der Waals surface area contributed by atoms with Gasteiger partial charge in [0.2, 0.25) is 0 Å². The number of hydrogen-bond donors (Lipinski definition) is 0. The standard InChI is InChI=1S/C52H68N4.Pt/c1-5-37-41-29-46-50(34-23-15-10-16-24-34)39(7-3)43(54-46)31-48-52(36-27-19-12-20-28-36)40(8-4)44(56-48)32-47-51(35-25-17-11-18-26-35)38(6-2)42(55-47)30-45(53-41)49(37)33-21-13-9-14-22-33;/h29-36H,5-28H2,1-4H3;. The largest absolute Gasteiger partial charge is 0.248 e. The minimum absolute atomic E-state index is 0. The number of hydrogen-bond acceptors (Lipinski definition) is 4. The van der Waals surface area contributed by atoms with E-state index in [-0.39, 0.29) is 21.1 Å². The molecule has 0 aromatic heterocycles. The maximum absolute atomic E-state index is 5.70. The van der Waals surface area contributed by atoms with Crippen LogP contribution in [0.5, 0.6) is 0 Å². The van der Waals surface area contributed by atoms with Crippen LogP contribution < -0.4 is 0 Å². The molecule has 9 aliphatic rings. The molecule has 4 aliphatic carbocycles. The third-order valence-corrected chi connectivity index (χ3v) is 15.2. The second kappa shape index (κ2) is 18.3. The fourth-order valence-corrected chi connectivity index (χ4v) is 12.5. The summed E-state index contributed by atoms with van der Waals surface area (Å²) in [5.74, 6) is 2.29. The normalized spacial score (nSPS) is 25.6. The molecule has 4 fully saturated rings. The Morgan fingerprint density at radius 3 is 0.702 bits per heavy atom. The average Bonchev–Trinajstić information content (AvgIpc) is 3.98. The van der Waals surface area contributed by atoms with Gasteiger partial charge in [-0.25, -0.2) is 20.0 Å². The minimum atomic E-state index is 0. The molecule has 5 heterocycles. The Kier molecular flexibility index (Phi) is 13.2. The van der Waals surface area contributed by atoms with Crippen LogP contribution >= 0.6 is 0 Å². The molecule has 4 nitrogen and oxygen atoms in total. The third-order valence-electron chi connectivity index (χ3n) is 15.2. The molecule has 5 aliphatic heterocycles. The molecule has 0 unspecified atom stereocenters. The van der Waals surface area contributed by atoms with E-state index in [0.717, 1.165) is 25.7 Å². The van der Waals surface area contributed by atoms with Gasteiger partial charge in [-0.3, -0.25) is 0 Å². The third kappa shape index (κ3) is 7.89. The van der Waals surface area contributed by atoms with E-state index < -0.39 is 0 Å². The summed E-state index contributed by atoms with van der Waals surface area (Å²) in [4.78, 5) is 22.8. The van der Waals surface area contributed by atoms with Crippen molar-refractivity contribution in [2.75, 3.05) is 0 Å². The van der Waals surface area contributed by atoms with Crippen molar-refractivity contribution in [2.24, 2.45) is 43.6 Å². The predicted molar refractivity (Wildman–Crippen MR) is 238 cm³/mol. The van der Waals surface area contributed by atoms with Crippen molar-refractivity contribution in [1.82, 2.24) is 0 Å². The number of allylic oxidation sites excluding steroid dienone is 12. The van der Waals surface area contributed by atoms with Gasteiger partial charge < -0.3 is 0 Å². The van der Waals surface area contributed by atoms with Crippen LogP contribution in [0.4, 0.5) is 0 Å². The van der Waals surface area contributed by atoms with E-state index in [4.69, 9.17) is 20.0 Å². The molecule has 9 rings (SSSR count). The SMILES string of the molecule is CCC1=C(C2CCCCC2)C2=NC1=CC1=NC(=CC3=NC(=CC4=NC(=C2)C(CC)=C4C2CCCCC2)C(CC)=C3C2CCCCC2)C(CC)=C1C1CCCCC1.[Pt]. The Labute approximate surface area is 359 Å². The fourth-order valence-electron chi connectivity index (χ4n) is 12.5. The Morgan fingerprint density at radius 2 is 0.526 bits per heavy atom. The van der Waals surface area contributed by atoms with Gasteiger partial charge >= 0.3 is 0 Å². The van der Waals surface area contributed by atoms with Crippen LogP contribution in [0.2, 0.25) is 0 Å². The summed E-state index contributed by atoms with van der Waals surface area (Å²) in [6.45, 7) is 9.47. The van der Waals surface area contributed by atoms with E-state index in [1.165, 1.54) is 219 Å². The molecule has 0 amide bonds. The second-order valence-corrected chi connectivity index (χ2v) is 18.4. The minimum Gasteiger partial charge on any atom is -0.248 e. The van der Waals surface area contributed by atoms with Gasteiger partial charge in [-0.05, 0) is 170 Å². The molecule has 0 saturated heterocycles. The topological polar surface area (TPSA) is 49.4 Å². The average molecular weight is 944 g/mol. The Hall–Kier alpha value is -2.71. The van der Waals surface area contributed by atoms with Gasteiger partial charge in [-0.15, -0.1) is 0 Å². The molecule has 0 aromatic carbocycles. The Morgan fingerprint density at radius 1 is 0.333 bits per heavy atom. The zero-order valence-electron chi connectivity index (χ0n) is 35.7. The summed E-state index contributed by atoms with van der Waals surface area (Å²) >= 11 is 0. The van der Waals surface area contributed by atoms with Crippen LogP contribution in [-0.2, 0) is 21.1 Å². The van der Waals surface area contributed by atoms with Crippen LogP contribution in [0.1, 0.15) is 182 Å². The van der Waals surface area contributed by atoms with Gasteiger partial charge in [0.25, 0.3) is 0 Å². The summed E-state index contributed by atoms with van der Waals surface area (Å²) < 4.78 is 0. The molecular formula is C52H68N4Pt. The first-order chi connectivity index (χ1) is 27.6. The summed E-state index contributed by atoms with van der Waals surface area (Å²) in [7, 11) is 0. The number of fused-ring (bicyclic) bond motifs is 4. The first kappa shape index (κ1) is 41.0. The van der Waals surface area contributed by atoms with Gasteiger partial charge in [-0.1, -0.05) is 105 Å². The van der Waals surface area contributed by atoms with E-state index in [0.29, 0.717) is 23.7 Å². The van der Waals surface area contributed by atoms with Crippen molar-refractivity contribution in [3.05, 3.63) is 91.7 Å². The van der Waals surface area contributed by atoms with Crippen LogP contribution in [0.25, 0.3) is 0 Å². The quantitative estimate of drug-likeness (QED) is 0.233. The Bertz CT molecular complexity index is 1700. The smallest absolute Gasteiger partial charge is 0.0696 e. The molecule has 0 atom stereocenters. The molecule has 5 heteroatoms. The van der Waals surface area contributed by atoms with E-state index in [1.807, 2.05) is 0 Å². The zero-order chi connectivity index (χ0) is 38.2. The van der Waals surface area contributed by atoms with Crippen molar-refractivity contribution in [2.45, 2.75) is 182 Å². The number of nitrogens with zero attached hydrogens (tertiary/aromatic N) is 4. The van der Waals surface area contributed by atoms with E-state index in [9.17, 15) is 0 Å². The molecule has 0 spiro atoms. The maximum Gasteiger partial charge on any atom is 0.0696 e. The Balaban J connectivity index is 0.00000455. The van der Waals surface area contributed by atoms with Crippen LogP contribution in [0.3, 0.4) is 0 Å². The van der Waals surface area contributed by atoms with Crippen molar-refractivity contribution < 1.29 is 21.1 Å². The summed E-state index contributed by atoms with van der Waals surface area (Å²) in [6.07, 6.45) is 40.0. The van der Waals surface area contributed by atoms with Crippen LogP contribution in [0.15, 0.2) is 112 Å². The van der Waals surface area contributed by atoms with Gasteiger partial charge in [0.1, 0.15) is 0 Å². The molecule has 0 radical (unpaired) electrons. The maximum atomic E-state index is 5.70. The van der Waals surface area contributed by atoms with Gasteiger partial charge in [0.05, 0.1) is 45.6 Å². The molecule has 8 bridgehead atoms. The second-order valence-electron chi connectivity index (χ2n) is 18.4. The van der Waals surface area contributed by atoms with E-state index in [2.05, 4.69) is 52.0 Å². The molecule has 306 valence electrons. The molecule has 4 saturated carbocycles. The fraction of sp³-hybridized carbons (Fsp3) is 0.615. The molecule has 0 N–H and O–H groups in total. The zero-order valence-corrected chi connectivity index (χ0v) is 38.0. The van der Waals surface area contributed by atoms with Crippen molar-refractivity contribution in [3.63, 3.8) is 0 Å². The summed E-state index contributed by atoms with van der Waals surface area (Å²) in [6, 6.07) is 0. The van der Waals surface area contributed by atoms with E-state index >= 15 is 0 Å². The van der Waals surface area contributed by atoms with Gasteiger partial charge in [-0.2, -0.15) is 0 Å². The van der Waals surface area contributed by atoms with Gasteiger partial charge in [0.15, 0.2) is 0 Å². The summed E-state index contributed by atoms with van der Waals surface area (Å²) in [5.41, 5.74) is 21.4. The van der Waals surface area contributed by atoms with Crippen molar-refractivity contribution >= 4 is 22.8 Å². The first-order valence-corrected chi connectivity index (χ1v) is 23.8. The number of aliphatic imine (C=N–C) groups is 4. The predicted octanol–water partition coefficient (Wildman–Crippen LogP) is 14.5. The van der Waals surface area contributed by atoms with Gasteiger partial charge in [0, 0.05) is 21.1 Å². The molecule has 0 aromatic rings. The summed E-state index contributed by atoms with van der Waals surface area (Å²) in [5, 5.41) is 0. The molecule has 57 heavy (non-hydrogen) atoms. The monoisotopic (exact) mass is 944 g/mol. The number of rotatable bonds is 8. The first-order valence-electron chi connectivity index (χ1n) is 23.8. The van der Waals surface area contributed by atoms with E-state index in [1.54, 1.807) is 0 Å². The van der Waals surface area contributed by atoms with Crippen molar-refractivity contribution in [1.29, 1.82) is 0 Å². The van der Waals surface area contributed by atoms with Crippen molar-refractivity contribution in [3.8, 4) is 0 Å². The van der Waals surface area contributed by atoms with Crippen LogP contribution in [-0.4, -0.2) is 22.8 Å².